The Hall–Kier alpha value is -0.120. The molecule has 1 aliphatic heterocycles. The molecule has 1 saturated carbocycles. The van der Waals surface area contributed by atoms with Gasteiger partial charge in [0.2, 0.25) is 0 Å². The molecule has 1 unspecified atom stereocenters. The van der Waals surface area contributed by atoms with Gasteiger partial charge in [-0.2, -0.15) is 0 Å². The molecule has 2 rings (SSSR count). The Kier molecular flexibility index (Phi) is 6.62. The molecular weight excluding hydrogens is 236 g/mol. The minimum atomic E-state index is -0.180. The molecule has 2 fully saturated rings. The predicted molar refractivity (Wildman–Crippen MR) is 80.3 cm³/mol. The molecule has 1 aliphatic carbocycles. The SMILES string of the molecule is CC(O)CN1CCC(CNC2CCCCCC2)CC1. The third kappa shape index (κ3) is 5.80. The van der Waals surface area contributed by atoms with Gasteiger partial charge in [0, 0.05) is 12.6 Å². The zero-order chi connectivity index (χ0) is 13.5. The van der Waals surface area contributed by atoms with Gasteiger partial charge in [-0.15, -0.1) is 0 Å². The van der Waals surface area contributed by atoms with Crippen LogP contribution in [0.4, 0.5) is 0 Å². The molecule has 2 N–H and O–H groups in total. The second kappa shape index (κ2) is 8.23. The van der Waals surface area contributed by atoms with Gasteiger partial charge in [0.15, 0.2) is 0 Å². The molecule has 0 aromatic rings. The Bertz CT molecular complexity index is 229. The molecule has 2 aliphatic rings. The van der Waals surface area contributed by atoms with Crippen LogP contribution in [0, 0.1) is 5.92 Å². The van der Waals surface area contributed by atoms with Crippen LogP contribution < -0.4 is 5.32 Å². The van der Waals surface area contributed by atoms with E-state index in [9.17, 15) is 5.11 Å². The maximum Gasteiger partial charge on any atom is 0.0639 e. The molecule has 1 heterocycles. The van der Waals surface area contributed by atoms with Crippen LogP contribution in [0.2, 0.25) is 0 Å². The monoisotopic (exact) mass is 268 g/mol. The zero-order valence-corrected chi connectivity index (χ0v) is 12.6. The van der Waals surface area contributed by atoms with E-state index >= 15 is 0 Å². The summed E-state index contributed by atoms with van der Waals surface area (Å²) in [7, 11) is 0. The van der Waals surface area contributed by atoms with E-state index in [2.05, 4.69) is 10.2 Å². The summed E-state index contributed by atoms with van der Waals surface area (Å²) >= 11 is 0. The Labute approximate surface area is 118 Å². The molecule has 3 nitrogen and oxygen atoms in total. The summed E-state index contributed by atoms with van der Waals surface area (Å²) in [6.45, 7) is 6.29. The van der Waals surface area contributed by atoms with Gasteiger partial charge in [-0.1, -0.05) is 25.7 Å². The molecule has 1 saturated heterocycles. The molecule has 0 amide bonds. The number of β-amino-alcohol motifs (C(OH)–C–C–N with tert-alkyl or cyclic N) is 1. The van der Waals surface area contributed by atoms with Gasteiger partial charge < -0.3 is 15.3 Å². The Morgan fingerprint density at radius 1 is 1.05 bits per heavy atom. The van der Waals surface area contributed by atoms with Crippen LogP contribution in [0.1, 0.15) is 58.3 Å². The third-order valence-electron chi connectivity index (χ3n) is 4.78. The van der Waals surface area contributed by atoms with Gasteiger partial charge in [0.1, 0.15) is 0 Å². The third-order valence-corrected chi connectivity index (χ3v) is 4.78. The summed E-state index contributed by atoms with van der Waals surface area (Å²) < 4.78 is 0. The summed E-state index contributed by atoms with van der Waals surface area (Å²) in [5.41, 5.74) is 0. The van der Waals surface area contributed by atoms with Gasteiger partial charge in [-0.25, -0.2) is 0 Å². The van der Waals surface area contributed by atoms with Gasteiger partial charge in [-0.05, 0) is 58.2 Å². The van der Waals surface area contributed by atoms with E-state index < -0.39 is 0 Å². The standard InChI is InChI=1S/C16H32N2O/c1-14(19)13-18-10-8-15(9-11-18)12-17-16-6-4-2-3-5-7-16/h14-17,19H,2-13H2,1H3. The molecule has 19 heavy (non-hydrogen) atoms. The average molecular weight is 268 g/mol. The van der Waals surface area contributed by atoms with Crippen LogP contribution in [0.25, 0.3) is 0 Å². The zero-order valence-electron chi connectivity index (χ0n) is 12.6. The fourth-order valence-corrected chi connectivity index (χ4v) is 3.56. The fourth-order valence-electron chi connectivity index (χ4n) is 3.56. The molecule has 0 bridgehead atoms. The van der Waals surface area contributed by atoms with Crippen molar-refractivity contribution in [3.8, 4) is 0 Å². The van der Waals surface area contributed by atoms with E-state index in [1.807, 2.05) is 6.92 Å². The van der Waals surface area contributed by atoms with Gasteiger partial charge in [0.25, 0.3) is 0 Å². The number of nitrogens with one attached hydrogen (secondary N) is 1. The maximum atomic E-state index is 9.42. The summed E-state index contributed by atoms with van der Waals surface area (Å²) in [6, 6.07) is 0.790. The van der Waals surface area contributed by atoms with Crippen LogP contribution in [-0.2, 0) is 0 Å². The van der Waals surface area contributed by atoms with E-state index in [1.54, 1.807) is 0 Å². The van der Waals surface area contributed by atoms with Crippen molar-refractivity contribution in [2.75, 3.05) is 26.2 Å². The lowest BCUT2D eigenvalue weighted by Crippen LogP contribution is -2.41. The molecule has 0 spiro atoms. The van der Waals surface area contributed by atoms with Crippen molar-refractivity contribution in [2.24, 2.45) is 5.92 Å². The number of aliphatic hydroxyl groups is 1. The molecule has 1 atom stereocenters. The lowest BCUT2D eigenvalue weighted by molar-refractivity contribution is 0.0992. The fraction of sp³-hybridized carbons (Fsp3) is 1.00. The molecule has 3 heteroatoms. The summed E-state index contributed by atoms with van der Waals surface area (Å²) in [4.78, 5) is 2.41. The predicted octanol–water partition coefficient (Wildman–Crippen LogP) is 2.39. The van der Waals surface area contributed by atoms with Gasteiger partial charge in [0.05, 0.1) is 6.10 Å². The first-order chi connectivity index (χ1) is 9.24. The minimum absolute atomic E-state index is 0.180. The van der Waals surface area contributed by atoms with Crippen LogP contribution >= 0.6 is 0 Å². The van der Waals surface area contributed by atoms with E-state index in [1.165, 1.54) is 71.0 Å². The first-order valence-corrected chi connectivity index (χ1v) is 8.38. The smallest absolute Gasteiger partial charge is 0.0639 e. The molecule has 0 aromatic heterocycles. The number of aliphatic hydroxyl groups excluding tert-OH is 1. The maximum absolute atomic E-state index is 9.42. The second-order valence-corrected chi connectivity index (χ2v) is 6.69. The minimum Gasteiger partial charge on any atom is -0.392 e. The topological polar surface area (TPSA) is 35.5 Å². The molecule has 0 aromatic carbocycles. The van der Waals surface area contributed by atoms with Crippen molar-refractivity contribution in [1.29, 1.82) is 0 Å². The summed E-state index contributed by atoms with van der Waals surface area (Å²) in [6.07, 6.45) is 10.9. The van der Waals surface area contributed by atoms with Gasteiger partial charge in [-0.3, -0.25) is 0 Å². The number of likely N-dealkylation sites (tertiary alicyclic amines) is 1. The number of hydrogen-bond donors (Lipinski definition) is 2. The van der Waals surface area contributed by atoms with Gasteiger partial charge >= 0.3 is 0 Å². The number of rotatable bonds is 5. The highest BCUT2D eigenvalue weighted by molar-refractivity contribution is 4.77. The van der Waals surface area contributed by atoms with Crippen molar-refractivity contribution >= 4 is 0 Å². The molecular formula is C16H32N2O. The van der Waals surface area contributed by atoms with Crippen molar-refractivity contribution in [2.45, 2.75) is 70.4 Å². The number of nitrogens with zero attached hydrogens (tertiary/aromatic N) is 1. The normalized spacial score (nSPS) is 26.2. The van der Waals surface area contributed by atoms with Crippen molar-refractivity contribution < 1.29 is 5.11 Å². The lowest BCUT2D eigenvalue weighted by atomic mass is 9.95. The van der Waals surface area contributed by atoms with E-state index in [0.717, 1.165) is 18.5 Å². The van der Waals surface area contributed by atoms with E-state index in [4.69, 9.17) is 0 Å². The van der Waals surface area contributed by atoms with Crippen LogP contribution in [-0.4, -0.2) is 48.3 Å². The van der Waals surface area contributed by atoms with E-state index in [0.29, 0.717) is 0 Å². The summed E-state index contributed by atoms with van der Waals surface area (Å²) in [5.74, 6) is 0.855. The highest BCUT2D eigenvalue weighted by atomic mass is 16.3. The highest BCUT2D eigenvalue weighted by Gasteiger charge is 2.21. The lowest BCUT2D eigenvalue weighted by Gasteiger charge is -2.33. The Morgan fingerprint density at radius 2 is 1.68 bits per heavy atom. The molecule has 112 valence electrons. The van der Waals surface area contributed by atoms with Crippen LogP contribution in [0.5, 0.6) is 0 Å². The Balaban J connectivity index is 1.59. The van der Waals surface area contributed by atoms with Crippen LogP contribution in [0.15, 0.2) is 0 Å². The van der Waals surface area contributed by atoms with Crippen LogP contribution in [0.3, 0.4) is 0 Å². The molecule has 0 radical (unpaired) electrons. The Morgan fingerprint density at radius 3 is 2.26 bits per heavy atom. The highest BCUT2D eigenvalue weighted by Crippen LogP contribution is 2.20. The first-order valence-electron chi connectivity index (χ1n) is 8.38. The van der Waals surface area contributed by atoms with E-state index in [-0.39, 0.29) is 6.10 Å². The number of piperidine rings is 1. The quantitative estimate of drug-likeness (QED) is 0.752. The first kappa shape index (κ1) is 15.3. The largest absolute Gasteiger partial charge is 0.392 e. The summed E-state index contributed by atoms with van der Waals surface area (Å²) in [5, 5.41) is 13.2. The van der Waals surface area contributed by atoms with Crippen molar-refractivity contribution in [3.05, 3.63) is 0 Å². The van der Waals surface area contributed by atoms with Crippen molar-refractivity contribution in [3.63, 3.8) is 0 Å². The number of hydrogen-bond acceptors (Lipinski definition) is 3. The average Bonchev–Trinajstić information content (AvgIpc) is 2.66. The second-order valence-electron chi connectivity index (χ2n) is 6.69. The van der Waals surface area contributed by atoms with Crippen molar-refractivity contribution in [1.82, 2.24) is 10.2 Å².